The molecule has 130 valence electrons. The van der Waals surface area contributed by atoms with Gasteiger partial charge in [-0.15, -0.1) is 23.5 Å². The zero-order valence-corrected chi connectivity index (χ0v) is 19.7. The van der Waals surface area contributed by atoms with Crippen molar-refractivity contribution in [2.75, 3.05) is 12.5 Å². The lowest BCUT2D eigenvalue weighted by atomic mass is 10.3. The van der Waals surface area contributed by atoms with Gasteiger partial charge < -0.3 is 4.74 Å². The molecular formula is C16H12OS8. The van der Waals surface area contributed by atoms with Crippen LogP contribution in [0.4, 0.5) is 0 Å². The Kier molecular flexibility index (Phi) is 6.77. The third-order valence-corrected chi connectivity index (χ3v) is 13.8. The van der Waals surface area contributed by atoms with Crippen LogP contribution in [0, 0.1) is 0 Å². The number of hydrogen-bond acceptors (Lipinski definition) is 9. The molecule has 0 bridgehead atoms. The quantitative estimate of drug-likeness (QED) is 0.393. The summed E-state index contributed by atoms with van der Waals surface area (Å²) in [7, 11) is 0. The van der Waals surface area contributed by atoms with Gasteiger partial charge in [0.1, 0.15) is 0 Å². The summed E-state index contributed by atoms with van der Waals surface area (Å²) in [6.07, 6.45) is 16.4. The highest BCUT2D eigenvalue weighted by Crippen LogP contribution is 2.67. The van der Waals surface area contributed by atoms with Gasteiger partial charge in [0, 0.05) is 5.57 Å². The predicted molar refractivity (Wildman–Crippen MR) is 129 cm³/mol. The van der Waals surface area contributed by atoms with Crippen LogP contribution in [0.15, 0.2) is 72.1 Å². The van der Waals surface area contributed by atoms with Gasteiger partial charge in [0.25, 0.3) is 0 Å². The van der Waals surface area contributed by atoms with Crippen LogP contribution in [-0.2, 0) is 4.74 Å². The Labute approximate surface area is 181 Å². The van der Waals surface area contributed by atoms with Gasteiger partial charge in [-0.1, -0.05) is 70.6 Å². The lowest BCUT2D eigenvalue weighted by Gasteiger charge is -2.07. The molecule has 0 spiro atoms. The lowest BCUT2D eigenvalue weighted by molar-refractivity contribution is 0.398. The van der Waals surface area contributed by atoms with Crippen molar-refractivity contribution in [1.82, 2.24) is 0 Å². The molecule has 0 aromatic heterocycles. The van der Waals surface area contributed by atoms with Crippen molar-refractivity contribution >= 4 is 94.1 Å². The number of rotatable bonds is 3. The Morgan fingerprint density at radius 1 is 0.720 bits per heavy atom. The second-order valence-corrected chi connectivity index (χ2v) is 14.3. The van der Waals surface area contributed by atoms with E-state index in [0.29, 0.717) is 0 Å². The number of allylic oxidation sites excluding steroid dienone is 5. The van der Waals surface area contributed by atoms with E-state index in [0.717, 1.165) is 0 Å². The first kappa shape index (κ1) is 19.1. The molecule has 4 rings (SSSR count). The second kappa shape index (κ2) is 8.86. The van der Waals surface area contributed by atoms with Crippen LogP contribution in [0.2, 0.25) is 0 Å². The van der Waals surface area contributed by atoms with Crippen molar-refractivity contribution in [3.05, 3.63) is 72.1 Å². The molecule has 25 heavy (non-hydrogen) atoms. The summed E-state index contributed by atoms with van der Waals surface area (Å²) >= 11 is 15.0. The standard InChI is InChI=1S/C16H12OS8/c1-18-13-14(19-2)21-10(20-13)3-4-11-22-15-16(23-11)25-12(24-15)9-5-7-17-8-6-9/h3-8H,1-2H3. The lowest BCUT2D eigenvalue weighted by Crippen LogP contribution is -1.82. The minimum Gasteiger partial charge on any atom is -0.473 e. The zero-order chi connectivity index (χ0) is 17.2. The van der Waals surface area contributed by atoms with Gasteiger partial charge in [-0.25, -0.2) is 0 Å². The Morgan fingerprint density at radius 2 is 1.24 bits per heavy atom. The topological polar surface area (TPSA) is 9.23 Å². The number of hydrogen-bond donors (Lipinski definition) is 0. The smallest absolute Gasteiger partial charge is 0.0907 e. The SMILES string of the molecule is CSC1=C(SC)SC(=CC=C2SC3=C(S2)SC(=C2C=COC=C2)S3)S1. The summed E-state index contributed by atoms with van der Waals surface area (Å²) in [6, 6.07) is 0. The Morgan fingerprint density at radius 3 is 1.76 bits per heavy atom. The molecule has 0 atom stereocenters. The molecule has 0 saturated heterocycles. The molecule has 0 aromatic rings. The Hall–Kier alpha value is 0.780. The largest absolute Gasteiger partial charge is 0.473 e. The van der Waals surface area contributed by atoms with Crippen LogP contribution in [0.5, 0.6) is 0 Å². The fourth-order valence-corrected chi connectivity index (χ4v) is 13.0. The molecule has 0 N–H and O–H groups in total. The van der Waals surface area contributed by atoms with Gasteiger partial charge in [-0.2, -0.15) is 0 Å². The van der Waals surface area contributed by atoms with Crippen LogP contribution >= 0.6 is 94.1 Å². The van der Waals surface area contributed by atoms with Gasteiger partial charge in [-0.3, -0.25) is 0 Å². The molecule has 0 fully saturated rings. The highest BCUT2D eigenvalue weighted by Gasteiger charge is 2.31. The van der Waals surface area contributed by atoms with E-state index < -0.39 is 0 Å². The zero-order valence-electron chi connectivity index (χ0n) is 13.1. The van der Waals surface area contributed by atoms with E-state index in [2.05, 4.69) is 24.7 Å². The minimum atomic E-state index is 1.24. The third kappa shape index (κ3) is 4.45. The number of thioether (sulfide) groups is 8. The van der Waals surface area contributed by atoms with Crippen molar-refractivity contribution in [3.63, 3.8) is 0 Å². The summed E-state index contributed by atoms with van der Waals surface area (Å²) in [4.78, 5) is 0. The summed E-state index contributed by atoms with van der Waals surface area (Å²) in [5.74, 6) is 0. The van der Waals surface area contributed by atoms with Crippen LogP contribution in [-0.4, -0.2) is 12.5 Å². The van der Waals surface area contributed by atoms with E-state index in [1.54, 1.807) is 12.5 Å². The average molecular weight is 477 g/mol. The summed E-state index contributed by atoms with van der Waals surface area (Å²) in [6.45, 7) is 0. The molecule has 0 aromatic carbocycles. The van der Waals surface area contributed by atoms with E-state index in [-0.39, 0.29) is 0 Å². The first-order valence-corrected chi connectivity index (χ1v) is 14.4. The third-order valence-electron chi connectivity index (χ3n) is 3.09. The first-order chi connectivity index (χ1) is 12.3. The molecule has 0 radical (unpaired) electrons. The molecule has 0 amide bonds. The second-order valence-electron chi connectivity index (χ2n) is 4.63. The van der Waals surface area contributed by atoms with Crippen molar-refractivity contribution in [2.45, 2.75) is 0 Å². The van der Waals surface area contributed by atoms with Crippen molar-refractivity contribution in [3.8, 4) is 0 Å². The van der Waals surface area contributed by atoms with E-state index in [9.17, 15) is 0 Å². The van der Waals surface area contributed by atoms with Crippen LogP contribution in [0.3, 0.4) is 0 Å². The van der Waals surface area contributed by atoms with E-state index in [1.165, 1.54) is 35.2 Å². The average Bonchev–Trinajstić information content (AvgIpc) is 3.32. The number of ether oxygens (including phenoxy) is 1. The molecule has 4 heterocycles. The molecule has 0 aliphatic carbocycles. The van der Waals surface area contributed by atoms with Gasteiger partial charge in [0.05, 0.1) is 42.2 Å². The molecular weight excluding hydrogens is 465 g/mol. The fourth-order valence-electron chi connectivity index (χ4n) is 1.99. The maximum Gasteiger partial charge on any atom is 0.0907 e. The maximum absolute atomic E-state index is 5.12. The van der Waals surface area contributed by atoms with Gasteiger partial charge in [-0.05, 0) is 36.8 Å². The summed E-state index contributed by atoms with van der Waals surface area (Å²) < 4.78 is 14.9. The van der Waals surface area contributed by atoms with Gasteiger partial charge >= 0.3 is 0 Å². The van der Waals surface area contributed by atoms with Crippen LogP contribution in [0.1, 0.15) is 0 Å². The molecule has 1 nitrogen and oxygen atoms in total. The predicted octanol–water partition coefficient (Wildman–Crippen LogP) is 8.36. The normalized spacial score (nSPS) is 22.3. The first-order valence-electron chi connectivity index (χ1n) is 7.05. The van der Waals surface area contributed by atoms with Gasteiger partial charge in [0.15, 0.2) is 0 Å². The fraction of sp³-hybridized carbons (Fsp3) is 0.125. The van der Waals surface area contributed by atoms with E-state index in [1.807, 2.05) is 106 Å². The van der Waals surface area contributed by atoms with Crippen LogP contribution in [0.25, 0.3) is 0 Å². The summed E-state index contributed by atoms with van der Waals surface area (Å²) in [5.41, 5.74) is 1.24. The van der Waals surface area contributed by atoms with E-state index >= 15 is 0 Å². The molecule has 4 aliphatic heterocycles. The molecule has 0 saturated carbocycles. The maximum atomic E-state index is 5.12. The highest BCUT2D eigenvalue weighted by atomic mass is 32.3. The van der Waals surface area contributed by atoms with Crippen molar-refractivity contribution in [2.24, 2.45) is 0 Å². The Bertz CT molecular complexity index is 758. The molecule has 4 aliphatic rings. The Balaban J connectivity index is 1.39. The van der Waals surface area contributed by atoms with E-state index in [4.69, 9.17) is 4.74 Å². The van der Waals surface area contributed by atoms with Crippen molar-refractivity contribution in [1.29, 1.82) is 0 Å². The highest BCUT2D eigenvalue weighted by molar-refractivity contribution is 8.48. The van der Waals surface area contributed by atoms with Crippen LogP contribution < -0.4 is 0 Å². The van der Waals surface area contributed by atoms with Crippen molar-refractivity contribution < 1.29 is 4.74 Å². The monoisotopic (exact) mass is 476 g/mol. The summed E-state index contributed by atoms with van der Waals surface area (Å²) in [5, 5.41) is 0. The van der Waals surface area contributed by atoms with Gasteiger partial charge in [0.2, 0.25) is 0 Å². The minimum absolute atomic E-state index is 1.24. The molecule has 9 heteroatoms. The molecule has 0 unspecified atom stereocenters.